The van der Waals surface area contributed by atoms with Crippen LogP contribution in [0.25, 0.3) is 10.9 Å². The summed E-state index contributed by atoms with van der Waals surface area (Å²) in [4.78, 5) is 4.39. The van der Waals surface area contributed by atoms with Crippen LogP contribution in [0.1, 0.15) is 19.8 Å². The molecule has 0 aliphatic rings. The molecule has 0 saturated carbocycles. The second kappa shape index (κ2) is 8.32. The molecule has 1 aromatic carbocycles. The van der Waals surface area contributed by atoms with E-state index < -0.39 is 0 Å². The van der Waals surface area contributed by atoms with E-state index in [1.54, 1.807) is 6.07 Å². The van der Waals surface area contributed by atoms with Gasteiger partial charge in [-0.25, -0.2) is 4.98 Å². The van der Waals surface area contributed by atoms with Gasteiger partial charge >= 0.3 is 0 Å². The third-order valence-electron chi connectivity index (χ3n) is 3.04. The Kier molecular flexibility index (Phi) is 6.74. The SMILES string of the molecule is CCCCNCCOc1c(Br)cc(Br)c2ccc(Cl)nc12. The first-order chi connectivity index (χ1) is 10.1. The normalized spacial score (nSPS) is 11.0. The smallest absolute Gasteiger partial charge is 0.159 e. The molecule has 1 aromatic heterocycles. The van der Waals surface area contributed by atoms with Gasteiger partial charge in [-0.15, -0.1) is 0 Å². The highest BCUT2D eigenvalue weighted by Gasteiger charge is 2.12. The van der Waals surface area contributed by atoms with Crippen molar-refractivity contribution in [3.63, 3.8) is 0 Å². The van der Waals surface area contributed by atoms with E-state index in [0.717, 1.165) is 38.7 Å². The lowest BCUT2D eigenvalue weighted by Gasteiger charge is -2.12. The van der Waals surface area contributed by atoms with Crippen molar-refractivity contribution < 1.29 is 4.74 Å². The summed E-state index contributed by atoms with van der Waals surface area (Å²) in [6, 6.07) is 5.68. The molecule has 3 nitrogen and oxygen atoms in total. The molecular formula is C15H17Br2ClN2O. The van der Waals surface area contributed by atoms with E-state index >= 15 is 0 Å². The molecule has 0 aliphatic heterocycles. The van der Waals surface area contributed by atoms with Crippen LogP contribution in [0.5, 0.6) is 5.75 Å². The van der Waals surface area contributed by atoms with Crippen molar-refractivity contribution >= 4 is 54.4 Å². The summed E-state index contributed by atoms with van der Waals surface area (Å²) in [7, 11) is 0. The van der Waals surface area contributed by atoms with Gasteiger partial charge in [-0.3, -0.25) is 0 Å². The lowest BCUT2D eigenvalue weighted by Crippen LogP contribution is -2.22. The van der Waals surface area contributed by atoms with Crippen molar-refractivity contribution in [3.05, 3.63) is 32.3 Å². The van der Waals surface area contributed by atoms with Crippen LogP contribution < -0.4 is 10.1 Å². The van der Waals surface area contributed by atoms with Crippen LogP contribution in [0.3, 0.4) is 0 Å². The van der Waals surface area contributed by atoms with E-state index in [4.69, 9.17) is 16.3 Å². The number of ether oxygens (including phenoxy) is 1. The summed E-state index contributed by atoms with van der Waals surface area (Å²) >= 11 is 13.1. The third kappa shape index (κ3) is 4.55. The largest absolute Gasteiger partial charge is 0.489 e. The highest BCUT2D eigenvalue weighted by molar-refractivity contribution is 9.11. The molecule has 0 aliphatic carbocycles. The number of hydrogen-bond acceptors (Lipinski definition) is 3. The molecule has 6 heteroatoms. The fourth-order valence-electron chi connectivity index (χ4n) is 1.96. The summed E-state index contributed by atoms with van der Waals surface area (Å²) in [6.45, 7) is 4.60. The van der Waals surface area contributed by atoms with E-state index in [-0.39, 0.29) is 0 Å². The van der Waals surface area contributed by atoms with E-state index in [0.29, 0.717) is 11.8 Å². The van der Waals surface area contributed by atoms with Crippen LogP contribution in [0.15, 0.2) is 27.1 Å². The maximum Gasteiger partial charge on any atom is 0.159 e. The van der Waals surface area contributed by atoms with Crippen molar-refractivity contribution in [1.82, 2.24) is 10.3 Å². The Hall–Kier alpha value is -0.360. The number of aromatic nitrogens is 1. The number of unbranched alkanes of at least 4 members (excludes halogenated alkanes) is 1. The van der Waals surface area contributed by atoms with Gasteiger partial charge in [-0.05, 0) is 47.1 Å². The Balaban J connectivity index is 2.13. The predicted octanol–water partition coefficient (Wildman–Crippen LogP) is 5.18. The molecular weight excluding hydrogens is 419 g/mol. The van der Waals surface area contributed by atoms with E-state index in [2.05, 4.69) is 49.1 Å². The molecule has 0 radical (unpaired) electrons. The molecule has 0 bridgehead atoms. The predicted molar refractivity (Wildman–Crippen MR) is 95.4 cm³/mol. The maximum atomic E-state index is 6.00. The van der Waals surface area contributed by atoms with Crippen LogP contribution in [0.4, 0.5) is 0 Å². The zero-order chi connectivity index (χ0) is 15.2. The Labute approximate surface area is 146 Å². The summed E-state index contributed by atoms with van der Waals surface area (Å²) in [5.41, 5.74) is 0.761. The molecule has 2 rings (SSSR count). The van der Waals surface area contributed by atoms with Gasteiger partial charge in [0, 0.05) is 16.4 Å². The fourth-order valence-corrected chi connectivity index (χ4v) is 3.49. The lowest BCUT2D eigenvalue weighted by molar-refractivity contribution is 0.315. The number of hydrogen-bond donors (Lipinski definition) is 1. The number of nitrogens with one attached hydrogen (secondary N) is 1. The Morgan fingerprint density at radius 1 is 1.24 bits per heavy atom. The topological polar surface area (TPSA) is 34.1 Å². The minimum Gasteiger partial charge on any atom is -0.489 e. The summed E-state index contributed by atoms with van der Waals surface area (Å²) in [5.74, 6) is 0.730. The molecule has 0 spiro atoms. The van der Waals surface area contributed by atoms with Gasteiger partial charge in [0.1, 0.15) is 17.3 Å². The minimum atomic E-state index is 0.457. The van der Waals surface area contributed by atoms with Crippen LogP contribution >= 0.6 is 43.5 Å². The molecule has 0 amide bonds. The monoisotopic (exact) mass is 434 g/mol. The van der Waals surface area contributed by atoms with Gasteiger partial charge in [0.25, 0.3) is 0 Å². The first-order valence-corrected chi connectivity index (χ1v) is 8.87. The van der Waals surface area contributed by atoms with Crippen LogP contribution in [-0.4, -0.2) is 24.7 Å². The first-order valence-electron chi connectivity index (χ1n) is 6.91. The zero-order valence-corrected chi connectivity index (χ0v) is 15.7. The zero-order valence-electron chi connectivity index (χ0n) is 11.8. The van der Waals surface area contributed by atoms with Crippen molar-refractivity contribution in [2.24, 2.45) is 0 Å². The molecule has 1 heterocycles. The molecule has 2 aromatic rings. The average molecular weight is 437 g/mol. The number of halogens is 3. The Morgan fingerprint density at radius 3 is 2.81 bits per heavy atom. The van der Waals surface area contributed by atoms with Crippen molar-refractivity contribution in [3.8, 4) is 5.75 Å². The molecule has 0 saturated heterocycles. The molecule has 0 unspecified atom stereocenters. The van der Waals surface area contributed by atoms with Crippen LogP contribution in [0, 0.1) is 0 Å². The van der Waals surface area contributed by atoms with Gasteiger partial charge in [-0.2, -0.15) is 0 Å². The fraction of sp³-hybridized carbons (Fsp3) is 0.400. The summed E-state index contributed by atoms with van der Waals surface area (Å²) in [6.07, 6.45) is 2.38. The van der Waals surface area contributed by atoms with Gasteiger partial charge in [0.15, 0.2) is 5.75 Å². The van der Waals surface area contributed by atoms with E-state index in [1.165, 1.54) is 12.8 Å². The van der Waals surface area contributed by atoms with Gasteiger partial charge in [0.05, 0.1) is 4.47 Å². The number of nitrogens with zero attached hydrogens (tertiary/aromatic N) is 1. The van der Waals surface area contributed by atoms with Crippen LogP contribution in [-0.2, 0) is 0 Å². The number of fused-ring (bicyclic) bond motifs is 1. The second-order valence-electron chi connectivity index (χ2n) is 4.65. The summed E-state index contributed by atoms with van der Waals surface area (Å²) in [5, 5.41) is 4.79. The van der Waals surface area contributed by atoms with Gasteiger partial charge in [0.2, 0.25) is 0 Å². The molecule has 21 heavy (non-hydrogen) atoms. The lowest BCUT2D eigenvalue weighted by atomic mass is 10.2. The maximum absolute atomic E-state index is 6.00. The van der Waals surface area contributed by atoms with E-state index in [1.807, 2.05) is 12.1 Å². The quantitative estimate of drug-likeness (QED) is 0.480. The second-order valence-corrected chi connectivity index (χ2v) is 6.75. The number of benzene rings is 1. The minimum absolute atomic E-state index is 0.457. The first kappa shape index (κ1) is 17.0. The number of rotatable bonds is 7. The molecule has 0 fully saturated rings. The van der Waals surface area contributed by atoms with E-state index in [9.17, 15) is 0 Å². The van der Waals surface area contributed by atoms with Crippen molar-refractivity contribution in [1.29, 1.82) is 0 Å². The molecule has 1 N–H and O–H groups in total. The standard InChI is InChI=1S/C15H17Br2ClN2O/c1-2-3-6-19-7-8-21-15-12(17)9-11(16)10-4-5-13(18)20-14(10)15/h4-5,9,19H,2-3,6-8H2,1H3. The summed E-state index contributed by atoms with van der Waals surface area (Å²) < 4.78 is 7.71. The third-order valence-corrected chi connectivity index (χ3v) is 4.49. The van der Waals surface area contributed by atoms with Gasteiger partial charge < -0.3 is 10.1 Å². The highest BCUT2D eigenvalue weighted by Crippen LogP contribution is 2.38. The molecule has 0 atom stereocenters. The van der Waals surface area contributed by atoms with Crippen molar-refractivity contribution in [2.75, 3.05) is 19.7 Å². The average Bonchev–Trinajstić information content (AvgIpc) is 2.45. The number of pyridine rings is 1. The Morgan fingerprint density at radius 2 is 2.05 bits per heavy atom. The highest BCUT2D eigenvalue weighted by atomic mass is 79.9. The Bertz CT molecular complexity index is 622. The van der Waals surface area contributed by atoms with Crippen molar-refractivity contribution in [2.45, 2.75) is 19.8 Å². The molecule has 114 valence electrons. The van der Waals surface area contributed by atoms with Crippen LogP contribution in [0.2, 0.25) is 5.15 Å². The van der Waals surface area contributed by atoms with Gasteiger partial charge in [-0.1, -0.05) is 40.9 Å².